The minimum absolute atomic E-state index is 0.120. The van der Waals surface area contributed by atoms with E-state index in [1.54, 1.807) is 0 Å². The van der Waals surface area contributed by atoms with Crippen molar-refractivity contribution in [3.05, 3.63) is 107 Å². The summed E-state index contributed by atoms with van der Waals surface area (Å²) in [6.07, 6.45) is -4.34. The van der Waals surface area contributed by atoms with Crippen molar-refractivity contribution >= 4 is 11.6 Å². The van der Waals surface area contributed by atoms with Crippen molar-refractivity contribution in [2.75, 3.05) is 0 Å². The molecular weight excluding hydrogens is 441 g/mol. The number of rotatable bonds is 5. The smallest absolute Gasteiger partial charge is 0.253 e. The molecule has 2 unspecified atom stereocenters. The Morgan fingerprint density at radius 3 is 1.36 bits per heavy atom. The van der Waals surface area contributed by atoms with E-state index in [2.05, 4.69) is 0 Å². The molecule has 0 saturated carbocycles. The van der Waals surface area contributed by atoms with Gasteiger partial charge in [-0.2, -0.15) is 0 Å². The SMILES string of the molecule is O=C(c1ccc(F)cc1)C1OC2OC(C(=O)c3ccc(F)cc3)OC2(c2ccc(F)cc2)O1. The van der Waals surface area contributed by atoms with Crippen molar-refractivity contribution in [2.24, 2.45) is 0 Å². The van der Waals surface area contributed by atoms with E-state index < -0.39 is 53.7 Å². The molecule has 0 aliphatic carbocycles. The highest BCUT2D eigenvalue weighted by atomic mass is 19.1. The molecule has 2 heterocycles. The number of hydrogen-bond acceptors (Lipinski definition) is 6. The molecule has 0 spiro atoms. The van der Waals surface area contributed by atoms with Gasteiger partial charge >= 0.3 is 0 Å². The molecule has 0 radical (unpaired) electrons. The summed E-state index contributed by atoms with van der Waals surface area (Å²) >= 11 is 0. The molecule has 168 valence electrons. The summed E-state index contributed by atoms with van der Waals surface area (Å²) in [5, 5.41) is 0. The monoisotopic (exact) mass is 456 g/mol. The second kappa shape index (κ2) is 8.20. The van der Waals surface area contributed by atoms with E-state index >= 15 is 0 Å². The Labute approximate surface area is 185 Å². The minimum atomic E-state index is -1.85. The second-order valence-electron chi connectivity index (χ2n) is 7.42. The summed E-state index contributed by atoms with van der Waals surface area (Å²) in [6.45, 7) is 0. The van der Waals surface area contributed by atoms with Crippen LogP contribution in [-0.2, 0) is 24.7 Å². The summed E-state index contributed by atoms with van der Waals surface area (Å²) in [7, 11) is 0. The van der Waals surface area contributed by atoms with Gasteiger partial charge in [0.25, 0.3) is 5.79 Å². The van der Waals surface area contributed by atoms with Crippen LogP contribution in [-0.4, -0.2) is 30.4 Å². The lowest BCUT2D eigenvalue weighted by atomic mass is 10.1. The number of hydrogen-bond donors (Lipinski definition) is 0. The van der Waals surface area contributed by atoms with Crippen LogP contribution >= 0.6 is 0 Å². The lowest BCUT2D eigenvalue weighted by Crippen LogP contribution is -2.36. The highest BCUT2D eigenvalue weighted by molar-refractivity contribution is 5.99. The average Bonchev–Trinajstić information content (AvgIpc) is 3.35. The molecular formula is C24H15F3O6. The van der Waals surface area contributed by atoms with Crippen molar-refractivity contribution in [2.45, 2.75) is 24.7 Å². The van der Waals surface area contributed by atoms with E-state index in [1.807, 2.05) is 0 Å². The third-order valence-corrected chi connectivity index (χ3v) is 5.30. The molecule has 0 amide bonds. The molecule has 33 heavy (non-hydrogen) atoms. The highest BCUT2D eigenvalue weighted by Crippen LogP contribution is 2.47. The van der Waals surface area contributed by atoms with E-state index in [9.17, 15) is 22.8 Å². The van der Waals surface area contributed by atoms with Gasteiger partial charge in [0.2, 0.25) is 30.4 Å². The van der Waals surface area contributed by atoms with Gasteiger partial charge in [-0.15, -0.1) is 0 Å². The summed E-state index contributed by atoms with van der Waals surface area (Å²) in [5.41, 5.74) is 0.488. The van der Waals surface area contributed by atoms with Crippen molar-refractivity contribution in [3.63, 3.8) is 0 Å². The predicted octanol–water partition coefficient (Wildman–Crippen LogP) is 4.09. The van der Waals surface area contributed by atoms with Gasteiger partial charge in [0.15, 0.2) is 0 Å². The molecule has 0 N–H and O–H groups in total. The van der Waals surface area contributed by atoms with Crippen LogP contribution in [0.3, 0.4) is 0 Å². The number of ether oxygens (including phenoxy) is 4. The van der Waals surface area contributed by atoms with Gasteiger partial charge in [0.05, 0.1) is 0 Å². The maximum Gasteiger partial charge on any atom is 0.253 e. The van der Waals surface area contributed by atoms with Crippen LogP contribution in [0.4, 0.5) is 13.2 Å². The van der Waals surface area contributed by atoms with Crippen molar-refractivity contribution < 1.29 is 41.7 Å². The number of carbonyl (C=O) groups is 2. The third kappa shape index (κ3) is 3.85. The Hall–Kier alpha value is -3.37. The number of Topliss-reactive ketones (excluding diaryl/α,β-unsaturated/α-hetero) is 2. The van der Waals surface area contributed by atoms with Gasteiger partial charge in [-0.1, -0.05) is 12.1 Å². The first-order valence-corrected chi connectivity index (χ1v) is 9.88. The quantitative estimate of drug-likeness (QED) is 0.539. The number of benzene rings is 3. The van der Waals surface area contributed by atoms with Crippen LogP contribution in [0.15, 0.2) is 72.8 Å². The minimum Gasteiger partial charge on any atom is -0.310 e. The molecule has 9 heteroatoms. The fraction of sp³-hybridized carbons (Fsp3) is 0.167. The first-order chi connectivity index (χ1) is 15.9. The zero-order valence-electron chi connectivity index (χ0n) is 16.7. The predicted molar refractivity (Wildman–Crippen MR) is 105 cm³/mol. The van der Waals surface area contributed by atoms with Gasteiger partial charge in [-0.3, -0.25) is 9.59 Å². The van der Waals surface area contributed by atoms with Crippen molar-refractivity contribution in [3.8, 4) is 0 Å². The topological polar surface area (TPSA) is 71.1 Å². The van der Waals surface area contributed by atoms with Crippen LogP contribution in [0.5, 0.6) is 0 Å². The molecule has 0 aromatic heterocycles. The highest BCUT2D eigenvalue weighted by Gasteiger charge is 2.63. The van der Waals surface area contributed by atoms with E-state index in [4.69, 9.17) is 18.9 Å². The Morgan fingerprint density at radius 2 is 0.970 bits per heavy atom. The lowest BCUT2D eigenvalue weighted by molar-refractivity contribution is -0.228. The zero-order chi connectivity index (χ0) is 23.2. The second-order valence-corrected chi connectivity index (χ2v) is 7.42. The fourth-order valence-electron chi connectivity index (χ4n) is 3.63. The number of carbonyl (C=O) groups excluding carboxylic acids is 2. The summed E-state index contributed by atoms with van der Waals surface area (Å²) in [4.78, 5) is 25.7. The van der Waals surface area contributed by atoms with E-state index in [0.29, 0.717) is 0 Å². The molecule has 2 saturated heterocycles. The molecule has 5 rings (SSSR count). The van der Waals surface area contributed by atoms with Crippen molar-refractivity contribution in [1.82, 2.24) is 0 Å². The van der Waals surface area contributed by atoms with Gasteiger partial charge in [0.1, 0.15) is 17.5 Å². The van der Waals surface area contributed by atoms with Crippen LogP contribution in [0.1, 0.15) is 26.3 Å². The van der Waals surface area contributed by atoms with E-state index in [-0.39, 0.29) is 16.7 Å². The molecule has 2 atom stereocenters. The maximum atomic E-state index is 13.5. The van der Waals surface area contributed by atoms with Crippen LogP contribution in [0.25, 0.3) is 0 Å². The number of halogens is 3. The zero-order valence-corrected chi connectivity index (χ0v) is 16.7. The molecule has 3 aromatic rings. The Bertz CT molecular complexity index is 1120. The van der Waals surface area contributed by atoms with Crippen LogP contribution < -0.4 is 0 Å². The Balaban J connectivity index is 1.45. The van der Waals surface area contributed by atoms with Crippen LogP contribution in [0, 0.1) is 17.5 Å². The van der Waals surface area contributed by atoms with E-state index in [1.165, 1.54) is 36.4 Å². The van der Waals surface area contributed by atoms with Gasteiger partial charge in [-0.05, 0) is 60.7 Å². The van der Waals surface area contributed by atoms with Gasteiger partial charge in [0, 0.05) is 16.7 Å². The molecule has 2 aliphatic heterocycles. The molecule has 2 fully saturated rings. The van der Waals surface area contributed by atoms with Crippen LogP contribution in [0.2, 0.25) is 0 Å². The van der Waals surface area contributed by atoms with Gasteiger partial charge in [-0.25, -0.2) is 13.2 Å². The molecule has 0 bridgehead atoms. The summed E-state index contributed by atoms with van der Waals surface area (Å²) in [5.74, 6) is -4.67. The lowest BCUT2D eigenvalue weighted by Gasteiger charge is -2.25. The largest absolute Gasteiger partial charge is 0.310 e. The maximum absolute atomic E-state index is 13.5. The first kappa shape index (κ1) is 21.5. The number of ketones is 2. The Morgan fingerprint density at radius 1 is 0.606 bits per heavy atom. The van der Waals surface area contributed by atoms with Gasteiger partial charge < -0.3 is 18.9 Å². The van der Waals surface area contributed by atoms with E-state index in [0.717, 1.165) is 36.4 Å². The molecule has 3 aromatic carbocycles. The fourth-order valence-corrected chi connectivity index (χ4v) is 3.63. The summed E-state index contributed by atoms with van der Waals surface area (Å²) < 4.78 is 62.9. The molecule has 6 nitrogen and oxygen atoms in total. The standard InChI is InChI=1S/C24H15F3O6/c25-16-7-1-13(2-8-16)19(28)21-30-23-24(32-21,15-5-11-18(27)12-6-15)33-22(31-23)20(29)14-3-9-17(26)10-4-14/h1-12,21-23H. The normalized spacial score (nSPS) is 26.2. The molecule has 2 aliphatic rings. The first-order valence-electron chi connectivity index (χ1n) is 9.88. The number of fused-ring (bicyclic) bond motifs is 1. The third-order valence-electron chi connectivity index (χ3n) is 5.30. The summed E-state index contributed by atoms with van der Waals surface area (Å²) in [6, 6.07) is 14.5. The Kier molecular flexibility index (Phi) is 5.34. The van der Waals surface area contributed by atoms with Crippen molar-refractivity contribution in [1.29, 1.82) is 0 Å². The average molecular weight is 456 g/mol.